The second-order valence-electron chi connectivity index (χ2n) is 7.44. The molecule has 158 valence electrons. The maximum Gasteiger partial charge on any atom is 0.234 e. The lowest BCUT2D eigenvalue weighted by molar-refractivity contribution is -0.113. The van der Waals surface area contributed by atoms with Crippen molar-refractivity contribution in [1.82, 2.24) is 0 Å². The summed E-state index contributed by atoms with van der Waals surface area (Å²) in [6.07, 6.45) is 2.14. The third kappa shape index (κ3) is 6.34. The number of rotatable bonds is 8. The average molecular weight is 444 g/mol. The summed E-state index contributed by atoms with van der Waals surface area (Å²) in [5, 5.41) is 4.27. The molecule has 1 N–H and O–H groups in total. The molecule has 2 aromatic rings. The molecule has 1 aliphatic rings. The number of halogens is 1. The number of aliphatic imine (C=N–C) groups is 2. The van der Waals surface area contributed by atoms with Gasteiger partial charge in [0.05, 0.1) is 18.1 Å². The fourth-order valence-electron chi connectivity index (χ4n) is 2.84. The Morgan fingerprint density at radius 3 is 2.47 bits per heavy atom. The van der Waals surface area contributed by atoms with Crippen LogP contribution in [0.3, 0.4) is 0 Å². The van der Waals surface area contributed by atoms with Gasteiger partial charge >= 0.3 is 0 Å². The Balaban J connectivity index is 1.63. The molecule has 0 radical (unpaired) electrons. The van der Waals surface area contributed by atoms with Crippen molar-refractivity contribution < 1.29 is 9.53 Å². The lowest BCUT2D eigenvalue weighted by Crippen LogP contribution is -2.17. The fraction of sp³-hybridized carbons (Fsp3) is 0.348. The van der Waals surface area contributed by atoms with Crippen molar-refractivity contribution in [1.29, 1.82) is 0 Å². The molecule has 1 heterocycles. The van der Waals surface area contributed by atoms with Gasteiger partial charge in [0.1, 0.15) is 16.5 Å². The van der Waals surface area contributed by atoms with Crippen molar-refractivity contribution in [2.45, 2.75) is 39.3 Å². The lowest BCUT2D eigenvalue weighted by Gasteiger charge is -2.09. The smallest absolute Gasteiger partial charge is 0.234 e. The summed E-state index contributed by atoms with van der Waals surface area (Å²) in [6, 6.07) is 14.9. The van der Waals surface area contributed by atoms with Crippen LogP contribution < -0.4 is 10.1 Å². The zero-order valence-corrected chi connectivity index (χ0v) is 19.0. The normalized spacial score (nSPS) is 14.8. The highest BCUT2D eigenvalue weighted by atomic mass is 35.5. The summed E-state index contributed by atoms with van der Waals surface area (Å²) >= 11 is 7.27. The minimum absolute atomic E-state index is 0.103. The molecule has 3 rings (SSSR count). The molecule has 0 atom stereocenters. The predicted octanol–water partition coefficient (Wildman–Crippen LogP) is 5.83. The van der Waals surface area contributed by atoms with Crippen LogP contribution in [0.1, 0.15) is 39.2 Å². The number of ether oxygens (including phenoxy) is 1. The first-order valence-corrected chi connectivity index (χ1v) is 11.3. The molecule has 2 aromatic carbocycles. The van der Waals surface area contributed by atoms with Crippen LogP contribution in [-0.4, -0.2) is 34.7 Å². The number of nitrogens with one attached hydrogen (secondary N) is 1. The largest absolute Gasteiger partial charge is 0.494 e. The van der Waals surface area contributed by atoms with Crippen LogP contribution in [0.5, 0.6) is 5.75 Å². The molecule has 0 saturated carbocycles. The number of amides is 1. The Morgan fingerprint density at radius 1 is 1.10 bits per heavy atom. The highest BCUT2D eigenvalue weighted by molar-refractivity contribution is 8.16. The van der Waals surface area contributed by atoms with Crippen molar-refractivity contribution in [3.05, 3.63) is 59.1 Å². The molecule has 0 aliphatic carbocycles. The van der Waals surface area contributed by atoms with E-state index in [0.29, 0.717) is 10.7 Å². The van der Waals surface area contributed by atoms with E-state index in [-0.39, 0.29) is 11.7 Å². The third-order valence-corrected chi connectivity index (χ3v) is 5.54. The van der Waals surface area contributed by atoms with Gasteiger partial charge in [-0.05, 0) is 68.8 Å². The fourth-order valence-corrected chi connectivity index (χ4v) is 3.90. The molecular weight excluding hydrogens is 418 g/mol. The van der Waals surface area contributed by atoms with Gasteiger partial charge in [-0.2, -0.15) is 0 Å². The molecule has 0 saturated heterocycles. The van der Waals surface area contributed by atoms with E-state index in [1.165, 1.54) is 11.8 Å². The van der Waals surface area contributed by atoms with Crippen molar-refractivity contribution >= 4 is 45.7 Å². The number of thioether (sulfide) groups is 1. The number of nitrogens with zero attached hydrogens (tertiary/aromatic N) is 2. The second kappa shape index (κ2) is 10.1. The molecule has 0 spiro atoms. The standard InChI is InChI=1S/C23H26ClN3O2S/c1-4-5-14-29-19-12-6-16(7-13-19)21-22(27-23(2,3)26-21)30-15-20(28)25-18-10-8-17(24)9-11-18/h6-13H,4-5,14-15H2,1-3H3,(H,25,28). The molecule has 7 heteroatoms. The van der Waals surface area contributed by atoms with E-state index < -0.39 is 5.66 Å². The van der Waals surface area contributed by atoms with Crippen LogP contribution in [0, 0.1) is 0 Å². The highest BCUT2D eigenvalue weighted by Gasteiger charge is 2.28. The van der Waals surface area contributed by atoms with Crippen molar-refractivity contribution in [3.63, 3.8) is 0 Å². The van der Waals surface area contributed by atoms with E-state index in [4.69, 9.17) is 26.3 Å². The number of carbonyl (C=O) groups excluding carboxylic acids is 1. The monoisotopic (exact) mass is 443 g/mol. The Labute approximate surface area is 187 Å². The summed E-state index contributed by atoms with van der Waals surface area (Å²) in [5.74, 6) is 0.988. The maximum atomic E-state index is 12.4. The first kappa shape index (κ1) is 22.4. The van der Waals surface area contributed by atoms with Gasteiger partial charge in [-0.25, -0.2) is 4.99 Å². The van der Waals surface area contributed by atoms with E-state index in [2.05, 4.69) is 12.2 Å². The van der Waals surface area contributed by atoms with Gasteiger partial charge in [-0.1, -0.05) is 36.7 Å². The van der Waals surface area contributed by atoms with Gasteiger partial charge in [0.25, 0.3) is 0 Å². The number of benzene rings is 2. The van der Waals surface area contributed by atoms with E-state index >= 15 is 0 Å². The van der Waals surface area contributed by atoms with Crippen LogP contribution in [0.2, 0.25) is 5.02 Å². The van der Waals surface area contributed by atoms with Gasteiger partial charge < -0.3 is 10.1 Å². The number of hydrogen-bond donors (Lipinski definition) is 1. The molecule has 0 unspecified atom stereocenters. The van der Waals surface area contributed by atoms with Crippen molar-refractivity contribution in [2.75, 3.05) is 17.7 Å². The zero-order chi connectivity index (χ0) is 21.6. The van der Waals surface area contributed by atoms with Crippen LogP contribution in [0.4, 0.5) is 5.69 Å². The summed E-state index contributed by atoms with van der Waals surface area (Å²) in [5.41, 5.74) is 1.95. The number of unbranched alkanes of at least 4 members (excludes halogenated alkanes) is 1. The van der Waals surface area contributed by atoms with Crippen LogP contribution in [-0.2, 0) is 4.79 Å². The Kier molecular flexibility index (Phi) is 7.56. The Hall–Kier alpha value is -2.31. The highest BCUT2D eigenvalue weighted by Crippen LogP contribution is 2.27. The predicted molar refractivity (Wildman–Crippen MR) is 127 cm³/mol. The van der Waals surface area contributed by atoms with Crippen LogP contribution in [0.25, 0.3) is 0 Å². The molecule has 1 aliphatic heterocycles. The van der Waals surface area contributed by atoms with Gasteiger partial charge in [0.2, 0.25) is 5.91 Å². The summed E-state index contributed by atoms with van der Waals surface area (Å²) in [4.78, 5) is 21.8. The van der Waals surface area contributed by atoms with Crippen molar-refractivity contribution in [2.24, 2.45) is 9.98 Å². The Morgan fingerprint density at radius 2 is 1.80 bits per heavy atom. The first-order chi connectivity index (χ1) is 14.4. The number of carbonyl (C=O) groups is 1. The summed E-state index contributed by atoms with van der Waals surface area (Å²) in [7, 11) is 0. The average Bonchev–Trinajstić information content (AvgIpc) is 3.03. The van der Waals surface area contributed by atoms with Gasteiger partial charge in [0.15, 0.2) is 0 Å². The molecule has 30 heavy (non-hydrogen) atoms. The molecule has 5 nitrogen and oxygen atoms in total. The maximum absolute atomic E-state index is 12.4. The van der Waals surface area contributed by atoms with Crippen LogP contribution in [0.15, 0.2) is 58.5 Å². The second-order valence-corrected chi connectivity index (χ2v) is 8.84. The van der Waals surface area contributed by atoms with Crippen LogP contribution >= 0.6 is 23.4 Å². The van der Waals surface area contributed by atoms with Gasteiger partial charge in [0, 0.05) is 16.3 Å². The Bertz CT molecular complexity index is 938. The number of hydrogen-bond acceptors (Lipinski definition) is 5. The quantitative estimate of drug-likeness (QED) is 0.522. The number of anilines is 1. The molecule has 0 aromatic heterocycles. The molecule has 0 bridgehead atoms. The van der Waals surface area contributed by atoms with Gasteiger partial charge in [-0.3, -0.25) is 9.79 Å². The first-order valence-electron chi connectivity index (χ1n) is 9.98. The SMILES string of the molecule is CCCCOc1ccc(C2=NC(C)(C)N=C2SCC(=O)Nc2ccc(Cl)cc2)cc1. The van der Waals surface area contributed by atoms with E-state index in [1.807, 2.05) is 38.1 Å². The van der Waals surface area contributed by atoms with Crippen molar-refractivity contribution in [3.8, 4) is 5.75 Å². The summed E-state index contributed by atoms with van der Waals surface area (Å²) in [6.45, 7) is 6.77. The zero-order valence-electron chi connectivity index (χ0n) is 17.4. The third-order valence-electron chi connectivity index (χ3n) is 4.33. The summed E-state index contributed by atoms with van der Waals surface area (Å²) < 4.78 is 5.74. The molecule has 0 fully saturated rings. The minimum Gasteiger partial charge on any atom is -0.494 e. The van der Waals surface area contributed by atoms with E-state index in [0.717, 1.165) is 41.5 Å². The molecular formula is C23H26ClN3O2S. The van der Waals surface area contributed by atoms with E-state index in [1.54, 1.807) is 24.3 Å². The molecule has 1 amide bonds. The lowest BCUT2D eigenvalue weighted by atomic mass is 10.1. The minimum atomic E-state index is -0.541. The topological polar surface area (TPSA) is 63.1 Å². The van der Waals surface area contributed by atoms with E-state index in [9.17, 15) is 4.79 Å². The van der Waals surface area contributed by atoms with Gasteiger partial charge in [-0.15, -0.1) is 0 Å².